The van der Waals surface area contributed by atoms with Gasteiger partial charge in [0.1, 0.15) is 0 Å². The number of carboxylic acids is 1. The average Bonchev–Trinajstić information content (AvgIpc) is 2.44. The quantitative estimate of drug-likeness (QED) is 0.857. The number of urea groups is 1. The van der Waals surface area contributed by atoms with Crippen molar-refractivity contribution >= 4 is 12.0 Å². The van der Waals surface area contributed by atoms with Gasteiger partial charge in [-0.2, -0.15) is 5.26 Å². The molecule has 0 spiro atoms. The summed E-state index contributed by atoms with van der Waals surface area (Å²) in [7, 11) is 1.63. The van der Waals surface area contributed by atoms with E-state index >= 15 is 0 Å². The largest absolute Gasteiger partial charge is 0.478 e. The maximum atomic E-state index is 11.8. The average molecular weight is 275 g/mol. The molecule has 0 aliphatic carbocycles. The normalized spacial score (nSPS) is 11.2. The van der Waals surface area contributed by atoms with Gasteiger partial charge in [-0.15, -0.1) is 0 Å². The molecule has 0 heterocycles. The number of hydrogen-bond acceptors (Lipinski definition) is 3. The number of benzene rings is 1. The molecular weight excluding hydrogens is 258 g/mol. The Morgan fingerprint density at radius 2 is 2.00 bits per heavy atom. The molecule has 0 radical (unpaired) electrons. The summed E-state index contributed by atoms with van der Waals surface area (Å²) in [5.41, 5.74) is 1.02. The SMILES string of the molecule is CC(CC#N)N(C)C(=O)NCc1ccc(C(=O)O)cc1. The topological polar surface area (TPSA) is 93.4 Å². The van der Waals surface area contributed by atoms with Gasteiger partial charge >= 0.3 is 12.0 Å². The van der Waals surface area contributed by atoms with Crippen LogP contribution in [0.5, 0.6) is 0 Å². The highest BCUT2D eigenvalue weighted by atomic mass is 16.4. The second-order valence-corrected chi connectivity index (χ2v) is 4.48. The molecule has 0 aromatic heterocycles. The van der Waals surface area contributed by atoms with Crippen molar-refractivity contribution in [2.24, 2.45) is 0 Å². The number of nitrogens with zero attached hydrogens (tertiary/aromatic N) is 2. The standard InChI is InChI=1S/C14H17N3O3/c1-10(7-8-15)17(2)14(20)16-9-11-3-5-12(6-4-11)13(18)19/h3-6,10H,7,9H2,1-2H3,(H,16,20)(H,18,19). The molecule has 1 unspecified atom stereocenters. The Hall–Kier alpha value is -2.55. The monoisotopic (exact) mass is 275 g/mol. The molecule has 0 aliphatic rings. The van der Waals surface area contributed by atoms with Gasteiger partial charge in [0.25, 0.3) is 0 Å². The Morgan fingerprint density at radius 1 is 1.40 bits per heavy atom. The molecule has 0 saturated carbocycles. The predicted molar refractivity (Wildman–Crippen MR) is 73.1 cm³/mol. The zero-order valence-corrected chi connectivity index (χ0v) is 11.5. The lowest BCUT2D eigenvalue weighted by atomic mass is 10.1. The third-order valence-corrected chi connectivity index (χ3v) is 3.01. The van der Waals surface area contributed by atoms with E-state index in [1.54, 1.807) is 26.1 Å². The molecule has 1 rings (SSSR count). The minimum atomic E-state index is -0.981. The molecule has 0 aliphatic heterocycles. The second-order valence-electron chi connectivity index (χ2n) is 4.48. The van der Waals surface area contributed by atoms with Crippen LogP contribution < -0.4 is 5.32 Å². The van der Waals surface area contributed by atoms with Crippen LogP contribution >= 0.6 is 0 Å². The summed E-state index contributed by atoms with van der Waals surface area (Å²) < 4.78 is 0. The van der Waals surface area contributed by atoms with Crippen LogP contribution in [0, 0.1) is 11.3 Å². The fraction of sp³-hybridized carbons (Fsp3) is 0.357. The fourth-order valence-corrected chi connectivity index (χ4v) is 1.54. The number of aromatic carboxylic acids is 1. The van der Waals surface area contributed by atoms with Crippen molar-refractivity contribution < 1.29 is 14.7 Å². The van der Waals surface area contributed by atoms with E-state index in [4.69, 9.17) is 10.4 Å². The molecule has 20 heavy (non-hydrogen) atoms. The molecule has 0 bridgehead atoms. The molecule has 6 nitrogen and oxygen atoms in total. The summed E-state index contributed by atoms with van der Waals surface area (Å²) in [6.07, 6.45) is 0.275. The van der Waals surface area contributed by atoms with Crippen LogP contribution in [-0.2, 0) is 6.54 Å². The van der Waals surface area contributed by atoms with E-state index in [1.165, 1.54) is 17.0 Å². The van der Waals surface area contributed by atoms with Crippen LogP contribution in [0.25, 0.3) is 0 Å². The predicted octanol–water partition coefficient (Wildman–Crippen LogP) is 1.83. The minimum Gasteiger partial charge on any atom is -0.478 e. The third-order valence-electron chi connectivity index (χ3n) is 3.01. The van der Waals surface area contributed by atoms with Gasteiger partial charge in [0.05, 0.1) is 18.1 Å². The summed E-state index contributed by atoms with van der Waals surface area (Å²) in [5, 5.41) is 20.1. The van der Waals surface area contributed by atoms with Crippen LogP contribution in [0.1, 0.15) is 29.3 Å². The second kappa shape index (κ2) is 7.14. The van der Waals surface area contributed by atoms with Gasteiger partial charge in [0.2, 0.25) is 0 Å². The van der Waals surface area contributed by atoms with E-state index in [0.29, 0.717) is 6.54 Å². The van der Waals surface area contributed by atoms with Crippen molar-refractivity contribution in [3.05, 3.63) is 35.4 Å². The first-order chi connectivity index (χ1) is 9.45. The first-order valence-corrected chi connectivity index (χ1v) is 6.15. The molecule has 1 atom stereocenters. The molecule has 2 N–H and O–H groups in total. The lowest BCUT2D eigenvalue weighted by molar-refractivity contribution is 0.0697. The highest BCUT2D eigenvalue weighted by molar-refractivity contribution is 5.87. The molecule has 1 aromatic rings. The van der Waals surface area contributed by atoms with Crippen molar-refractivity contribution in [2.75, 3.05) is 7.05 Å². The van der Waals surface area contributed by atoms with Crippen LogP contribution in [-0.4, -0.2) is 35.1 Å². The number of amides is 2. The maximum absolute atomic E-state index is 11.8. The number of carboxylic acid groups (broad SMARTS) is 1. The van der Waals surface area contributed by atoms with Gasteiger partial charge in [-0.3, -0.25) is 0 Å². The summed E-state index contributed by atoms with van der Waals surface area (Å²) in [6, 6.07) is 7.88. The third kappa shape index (κ3) is 4.28. The summed E-state index contributed by atoms with van der Waals surface area (Å²) in [6.45, 7) is 2.10. The lowest BCUT2D eigenvalue weighted by Gasteiger charge is -2.23. The summed E-state index contributed by atoms with van der Waals surface area (Å²) >= 11 is 0. The van der Waals surface area contributed by atoms with Crippen LogP contribution in [0.2, 0.25) is 0 Å². The van der Waals surface area contributed by atoms with Gasteiger partial charge in [-0.05, 0) is 24.6 Å². The smallest absolute Gasteiger partial charge is 0.335 e. The van der Waals surface area contributed by atoms with Gasteiger partial charge in [-0.1, -0.05) is 12.1 Å². The Bertz CT molecular complexity index is 519. The minimum absolute atomic E-state index is 0.158. The van der Waals surface area contributed by atoms with E-state index < -0.39 is 5.97 Å². The van der Waals surface area contributed by atoms with Crippen molar-refractivity contribution in [1.29, 1.82) is 5.26 Å². The lowest BCUT2D eigenvalue weighted by Crippen LogP contribution is -2.41. The summed E-state index contributed by atoms with van der Waals surface area (Å²) in [5.74, 6) is -0.981. The van der Waals surface area contributed by atoms with Crippen molar-refractivity contribution in [1.82, 2.24) is 10.2 Å². The zero-order chi connectivity index (χ0) is 15.1. The molecule has 1 aromatic carbocycles. The Kier molecular flexibility index (Phi) is 5.54. The molecule has 0 saturated heterocycles. The van der Waals surface area contributed by atoms with Gasteiger partial charge in [0, 0.05) is 19.6 Å². The van der Waals surface area contributed by atoms with Crippen molar-refractivity contribution in [2.45, 2.75) is 25.9 Å². The van der Waals surface area contributed by atoms with E-state index in [0.717, 1.165) is 5.56 Å². The van der Waals surface area contributed by atoms with E-state index in [9.17, 15) is 9.59 Å². The van der Waals surface area contributed by atoms with E-state index in [-0.39, 0.29) is 24.1 Å². The van der Waals surface area contributed by atoms with E-state index in [2.05, 4.69) is 5.32 Å². The first-order valence-electron chi connectivity index (χ1n) is 6.15. The Balaban J connectivity index is 2.52. The highest BCUT2D eigenvalue weighted by Gasteiger charge is 2.14. The molecule has 6 heteroatoms. The molecule has 106 valence electrons. The van der Waals surface area contributed by atoms with Gasteiger partial charge in [0.15, 0.2) is 0 Å². The van der Waals surface area contributed by atoms with Crippen LogP contribution in [0.4, 0.5) is 4.79 Å². The number of rotatable bonds is 5. The van der Waals surface area contributed by atoms with Crippen LogP contribution in [0.3, 0.4) is 0 Å². The number of hydrogen-bond donors (Lipinski definition) is 2. The van der Waals surface area contributed by atoms with Crippen LogP contribution in [0.15, 0.2) is 24.3 Å². The summed E-state index contributed by atoms with van der Waals surface area (Å²) in [4.78, 5) is 24.0. The Labute approximate surface area is 117 Å². The first kappa shape index (κ1) is 15.5. The Morgan fingerprint density at radius 3 is 2.50 bits per heavy atom. The van der Waals surface area contributed by atoms with Crippen molar-refractivity contribution in [3.8, 4) is 6.07 Å². The zero-order valence-electron chi connectivity index (χ0n) is 11.5. The van der Waals surface area contributed by atoms with E-state index in [1.807, 2.05) is 6.07 Å². The number of carbonyl (C=O) groups is 2. The molecular formula is C14H17N3O3. The highest BCUT2D eigenvalue weighted by Crippen LogP contribution is 2.05. The number of carbonyl (C=O) groups excluding carboxylic acids is 1. The van der Waals surface area contributed by atoms with Crippen molar-refractivity contribution in [3.63, 3.8) is 0 Å². The number of nitrogens with one attached hydrogen (secondary N) is 1. The van der Waals surface area contributed by atoms with Gasteiger partial charge < -0.3 is 15.3 Å². The molecule has 0 fully saturated rings. The maximum Gasteiger partial charge on any atom is 0.335 e. The van der Waals surface area contributed by atoms with Gasteiger partial charge in [-0.25, -0.2) is 9.59 Å². The number of nitriles is 1. The molecule has 2 amide bonds. The fourth-order valence-electron chi connectivity index (χ4n) is 1.54.